The number of hydrogen-bond donors (Lipinski definition) is 1. The van der Waals surface area contributed by atoms with E-state index in [0.29, 0.717) is 5.41 Å². The lowest BCUT2D eigenvalue weighted by molar-refractivity contribution is -0.0956. The van der Waals surface area contributed by atoms with Gasteiger partial charge in [-0.25, -0.2) is 0 Å². The fraction of sp³-hybridized carbons (Fsp3) is 1.00. The van der Waals surface area contributed by atoms with E-state index in [0.717, 1.165) is 24.3 Å². The molecule has 3 heteroatoms. The first-order valence-electron chi connectivity index (χ1n) is 8.46. The molecule has 3 unspecified atom stereocenters. The van der Waals surface area contributed by atoms with Crippen molar-refractivity contribution in [3.63, 3.8) is 0 Å². The number of nitrogens with zero attached hydrogens (tertiary/aromatic N) is 2. The van der Waals surface area contributed by atoms with Crippen molar-refractivity contribution in [2.75, 3.05) is 45.8 Å². The van der Waals surface area contributed by atoms with Crippen molar-refractivity contribution in [3.8, 4) is 0 Å². The van der Waals surface area contributed by atoms with E-state index in [-0.39, 0.29) is 0 Å². The lowest BCUT2D eigenvalue weighted by Crippen LogP contribution is -2.63. The van der Waals surface area contributed by atoms with Crippen LogP contribution in [0.3, 0.4) is 0 Å². The maximum atomic E-state index is 5.98. The minimum Gasteiger partial charge on any atom is -0.330 e. The average Bonchev–Trinajstić information content (AvgIpc) is 2.82. The van der Waals surface area contributed by atoms with Gasteiger partial charge in [0.05, 0.1) is 0 Å². The molecular formula is C16H29N3. The molecule has 5 rings (SSSR count). The number of fused-ring (bicyclic) bond motifs is 1. The molecule has 0 amide bonds. The fourth-order valence-electron chi connectivity index (χ4n) is 6.08. The summed E-state index contributed by atoms with van der Waals surface area (Å²) in [6.45, 7) is 9.02. The van der Waals surface area contributed by atoms with Crippen LogP contribution in [-0.2, 0) is 0 Å². The Kier molecular flexibility index (Phi) is 3.13. The van der Waals surface area contributed by atoms with Gasteiger partial charge in [-0.3, -0.25) is 0 Å². The summed E-state index contributed by atoms with van der Waals surface area (Å²) in [6, 6.07) is 0. The highest BCUT2D eigenvalue weighted by molar-refractivity contribution is 5.08. The Balaban J connectivity index is 1.70. The average molecular weight is 263 g/mol. The minimum absolute atomic E-state index is 0.605. The van der Waals surface area contributed by atoms with Crippen molar-refractivity contribution in [1.82, 2.24) is 9.80 Å². The highest BCUT2D eigenvalue weighted by atomic mass is 15.3. The van der Waals surface area contributed by atoms with E-state index in [1.54, 1.807) is 0 Å². The Morgan fingerprint density at radius 2 is 1.63 bits per heavy atom. The molecule has 2 N–H and O–H groups in total. The van der Waals surface area contributed by atoms with Crippen LogP contribution in [0.5, 0.6) is 0 Å². The van der Waals surface area contributed by atoms with Crippen LogP contribution < -0.4 is 5.73 Å². The third-order valence-electron chi connectivity index (χ3n) is 6.71. The molecule has 4 saturated heterocycles. The Morgan fingerprint density at radius 3 is 2.21 bits per heavy atom. The first-order chi connectivity index (χ1) is 9.32. The van der Waals surface area contributed by atoms with E-state index >= 15 is 0 Å². The zero-order valence-corrected chi connectivity index (χ0v) is 12.2. The van der Waals surface area contributed by atoms with Gasteiger partial charge in [-0.1, -0.05) is 12.8 Å². The second kappa shape index (κ2) is 4.71. The van der Waals surface area contributed by atoms with E-state index < -0.39 is 0 Å². The van der Waals surface area contributed by atoms with E-state index in [4.69, 9.17) is 5.73 Å². The summed E-state index contributed by atoms with van der Waals surface area (Å²) in [5.74, 6) is 2.83. The van der Waals surface area contributed by atoms with Crippen molar-refractivity contribution >= 4 is 0 Å². The standard InChI is InChI=1S/C16H29N3/c17-6-5-15-13-9-18-7-8-19(10-13)12-16(15,11-18)14-3-1-2-4-14/h13-15H,1-12,17H2. The molecule has 0 aromatic carbocycles. The second-order valence-electron chi connectivity index (χ2n) is 7.63. The van der Waals surface area contributed by atoms with Crippen LogP contribution in [0, 0.1) is 23.2 Å². The van der Waals surface area contributed by atoms with E-state index in [2.05, 4.69) is 9.80 Å². The number of piperidine rings is 2. The van der Waals surface area contributed by atoms with Gasteiger partial charge in [0.1, 0.15) is 0 Å². The molecular weight excluding hydrogens is 234 g/mol. The van der Waals surface area contributed by atoms with Gasteiger partial charge in [0, 0.05) is 44.7 Å². The predicted molar refractivity (Wildman–Crippen MR) is 77.9 cm³/mol. The number of rotatable bonds is 3. The topological polar surface area (TPSA) is 32.5 Å². The Morgan fingerprint density at radius 1 is 1.00 bits per heavy atom. The van der Waals surface area contributed by atoms with Gasteiger partial charge in [0.2, 0.25) is 0 Å². The summed E-state index contributed by atoms with van der Waals surface area (Å²) in [5, 5.41) is 0. The van der Waals surface area contributed by atoms with E-state index in [1.165, 1.54) is 71.4 Å². The van der Waals surface area contributed by atoms with Crippen molar-refractivity contribution < 1.29 is 0 Å². The van der Waals surface area contributed by atoms with Crippen LogP contribution in [-0.4, -0.2) is 55.6 Å². The summed E-state index contributed by atoms with van der Waals surface area (Å²) in [7, 11) is 0. The fourth-order valence-corrected chi connectivity index (χ4v) is 6.08. The van der Waals surface area contributed by atoms with Gasteiger partial charge >= 0.3 is 0 Å². The summed E-state index contributed by atoms with van der Waals surface area (Å²) < 4.78 is 0. The van der Waals surface area contributed by atoms with Crippen LogP contribution in [0.2, 0.25) is 0 Å². The highest BCUT2D eigenvalue weighted by Crippen LogP contribution is 2.55. The largest absolute Gasteiger partial charge is 0.330 e. The van der Waals surface area contributed by atoms with Gasteiger partial charge in [-0.05, 0) is 43.6 Å². The third kappa shape index (κ3) is 1.89. The Labute approximate surface area is 117 Å². The van der Waals surface area contributed by atoms with Crippen LogP contribution in [0.1, 0.15) is 32.1 Å². The summed E-state index contributed by atoms with van der Waals surface area (Å²) in [5.41, 5.74) is 6.58. The smallest absolute Gasteiger partial charge is 0.0110 e. The maximum Gasteiger partial charge on any atom is 0.0110 e. The first kappa shape index (κ1) is 12.6. The van der Waals surface area contributed by atoms with Crippen LogP contribution >= 0.6 is 0 Å². The molecule has 4 bridgehead atoms. The molecule has 5 aliphatic rings. The molecule has 19 heavy (non-hydrogen) atoms. The van der Waals surface area contributed by atoms with Crippen molar-refractivity contribution in [2.45, 2.75) is 32.1 Å². The normalized spacial score (nSPS) is 49.7. The molecule has 5 fully saturated rings. The van der Waals surface area contributed by atoms with E-state index in [1.807, 2.05) is 0 Å². The van der Waals surface area contributed by atoms with Gasteiger partial charge in [0.15, 0.2) is 0 Å². The van der Waals surface area contributed by atoms with Crippen molar-refractivity contribution in [1.29, 1.82) is 0 Å². The molecule has 3 nitrogen and oxygen atoms in total. The molecule has 0 aromatic rings. The quantitative estimate of drug-likeness (QED) is 0.835. The minimum atomic E-state index is 0.605. The molecule has 4 heterocycles. The first-order valence-corrected chi connectivity index (χ1v) is 8.46. The zero-order chi connectivity index (χ0) is 12.9. The van der Waals surface area contributed by atoms with E-state index in [9.17, 15) is 0 Å². The van der Waals surface area contributed by atoms with Crippen LogP contribution in [0.15, 0.2) is 0 Å². The lowest BCUT2D eigenvalue weighted by atomic mass is 9.56. The molecule has 0 radical (unpaired) electrons. The van der Waals surface area contributed by atoms with Gasteiger partial charge in [0.25, 0.3) is 0 Å². The van der Waals surface area contributed by atoms with Gasteiger partial charge in [-0.2, -0.15) is 0 Å². The number of nitrogens with two attached hydrogens (primary N) is 1. The maximum absolute atomic E-state index is 5.98. The lowest BCUT2D eigenvalue weighted by Gasteiger charge is -2.58. The summed E-state index contributed by atoms with van der Waals surface area (Å²) in [6.07, 6.45) is 7.23. The monoisotopic (exact) mass is 263 g/mol. The highest BCUT2D eigenvalue weighted by Gasteiger charge is 2.56. The molecule has 3 atom stereocenters. The second-order valence-corrected chi connectivity index (χ2v) is 7.63. The van der Waals surface area contributed by atoms with Gasteiger partial charge < -0.3 is 15.5 Å². The van der Waals surface area contributed by atoms with Crippen LogP contribution in [0.4, 0.5) is 0 Å². The summed E-state index contributed by atoms with van der Waals surface area (Å²) in [4.78, 5) is 5.59. The molecule has 1 aliphatic carbocycles. The molecule has 4 aliphatic heterocycles. The zero-order valence-electron chi connectivity index (χ0n) is 12.2. The third-order valence-corrected chi connectivity index (χ3v) is 6.71. The molecule has 1 saturated carbocycles. The SMILES string of the molecule is NCCC1C2CN3CCN(C2)CC1(C1CCCC1)C3. The van der Waals surface area contributed by atoms with Crippen LogP contribution in [0.25, 0.3) is 0 Å². The summed E-state index contributed by atoms with van der Waals surface area (Å²) >= 11 is 0. The van der Waals surface area contributed by atoms with Crippen molar-refractivity contribution in [3.05, 3.63) is 0 Å². The molecule has 0 spiro atoms. The number of hydrogen-bond acceptors (Lipinski definition) is 3. The Hall–Kier alpha value is -0.120. The predicted octanol–water partition coefficient (Wildman–Crippen LogP) is 1.39. The molecule has 108 valence electrons. The van der Waals surface area contributed by atoms with Crippen molar-refractivity contribution in [2.24, 2.45) is 28.9 Å². The Bertz CT molecular complexity index is 321. The molecule has 0 aromatic heterocycles. The van der Waals surface area contributed by atoms with Gasteiger partial charge in [-0.15, -0.1) is 0 Å².